The molecular formula is C11H20N2S. The zero-order valence-corrected chi connectivity index (χ0v) is 9.94. The topological polar surface area (TPSA) is 24.9 Å². The molecule has 0 saturated heterocycles. The fourth-order valence-electron chi connectivity index (χ4n) is 1.60. The van der Waals surface area contributed by atoms with E-state index in [-0.39, 0.29) is 0 Å². The molecule has 0 fully saturated rings. The van der Waals surface area contributed by atoms with Crippen molar-refractivity contribution in [1.29, 1.82) is 0 Å². The van der Waals surface area contributed by atoms with Crippen molar-refractivity contribution in [3.63, 3.8) is 0 Å². The molecule has 0 bridgehead atoms. The Labute approximate surface area is 90.8 Å². The van der Waals surface area contributed by atoms with Crippen LogP contribution in [0.2, 0.25) is 0 Å². The van der Waals surface area contributed by atoms with Crippen LogP contribution in [0.15, 0.2) is 11.7 Å². The monoisotopic (exact) mass is 212 g/mol. The fraction of sp³-hybridized carbons (Fsp3) is 0.727. The minimum atomic E-state index is 0.513. The Morgan fingerprint density at radius 1 is 1.43 bits per heavy atom. The first-order valence-corrected chi connectivity index (χ1v) is 6.32. The molecule has 0 spiro atoms. The lowest BCUT2D eigenvalue weighted by Gasteiger charge is -2.13. The Bertz CT molecular complexity index is 221. The van der Waals surface area contributed by atoms with E-state index in [0.717, 1.165) is 0 Å². The van der Waals surface area contributed by atoms with E-state index in [0.29, 0.717) is 6.04 Å². The lowest BCUT2D eigenvalue weighted by atomic mass is 10.1. The highest BCUT2D eigenvalue weighted by Crippen LogP contribution is 2.22. The molecule has 1 unspecified atom stereocenters. The Morgan fingerprint density at radius 3 is 2.86 bits per heavy atom. The summed E-state index contributed by atoms with van der Waals surface area (Å²) >= 11 is 1.75. The molecular weight excluding hydrogens is 192 g/mol. The van der Waals surface area contributed by atoms with E-state index in [1.54, 1.807) is 11.3 Å². The number of aromatic nitrogens is 1. The molecule has 0 radical (unpaired) electrons. The summed E-state index contributed by atoms with van der Waals surface area (Å²) in [6.07, 6.45) is 8.55. The van der Waals surface area contributed by atoms with Crippen LogP contribution in [0.25, 0.3) is 0 Å². The molecule has 0 saturated carbocycles. The van der Waals surface area contributed by atoms with E-state index < -0.39 is 0 Å². The highest BCUT2D eigenvalue weighted by Gasteiger charge is 2.09. The highest BCUT2D eigenvalue weighted by molar-refractivity contribution is 7.09. The van der Waals surface area contributed by atoms with Gasteiger partial charge in [-0.3, -0.25) is 4.98 Å². The zero-order chi connectivity index (χ0) is 10.2. The molecule has 0 aromatic carbocycles. The molecule has 0 amide bonds. The van der Waals surface area contributed by atoms with Crippen LogP contribution >= 0.6 is 11.3 Å². The maximum Gasteiger partial charge on any atom is 0.0794 e. The van der Waals surface area contributed by atoms with E-state index in [9.17, 15) is 0 Å². The summed E-state index contributed by atoms with van der Waals surface area (Å²) in [7, 11) is 2.03. The van der Waals surface area contributed by atoms with Crippen LogP contribution in [0.1, 0.15) is 49.9 Å². The summed E-state index contributed by atoms with van der Waals surface area (Å²) < 4.78 is 0. The number of unbranched alkanes of at least 4 members (excludes halogenated alkanes) is 3. The van der Waals surface area contributed by atoms with E-state index in [1.807, 2.05) is 18.8 Å². The Balaban J connectivity index is 2.26. The minimum absolute atomic E-state index is 0.513. The predicted octanol–water partition coefficient (Wildman–Crippen LogP) is 3.37. The van der Waals surface area contributed by atoms with Crippen molar-refractivity contribution in [1.82, 2.24) is 10.3 Å². The molecule has 1 aromatic rings. The van der Waals surface area contributed by atoms with Gasteiger partial charge < -0.3 is 5.32 Å². The number of hydrogen-bond donors (Lipinski definition) is 1. The highest BCUT2D eigenvalue weighted by atomic mass is 32.1. The van der Waals surface area contributed by atoms with Crippen LogP contribution in [-0.2, 0) is 0 Å². The fourth-order valence-corrected chi connectivity index (χ4v) is 2.37. The van der Waals surface area contributed by atoms with Gasteiger partial charge in [0.1, 0.15) is 0 Å². The van der Waals surface area contributed by atoms with Crippen LogP contribution in [0, 0.1) is 0 Å². The summed E-state index contributed by atoms with van der Waals surface area (Å²) in [5.41, 5.74) is 1.91. The van der Waals surface area contributed by atoms with Gasteiger partial charge in [-0.25, -0.2) is 0 Å². The first-order valence-electron chi connectivity index (χ1n) is 5.44. The molecule has 1 rings (SSSR count). The van der Waals surface area contributed by atoms with Crippen LogP contribution in [0.5, 0.6) is 0 Å². The number of hydrogen-bond acceptors (Lipinski definition) is 3. The first kappa shape index (κ1) is 11.7. The molecule has 1 heterocycles. The average Bonchev–Trinajstić information content (AvgIpc) is 2.71. The molecule has 0 aliphatic heterocycles. The summed E-state index contributed by atoms with van der Waals surface area (Å²) in [5, 5.41) is 3.35. The van der Waals surface area contributed by atoms with Crippen molar-refractivity contribution >= 4 is 11.3 Å². The standard InChI is InChI=1S/C11H20N2S/c1-3-4-5-6-7-10(12-2)11-8-13-9-14-11/h8-10,12H,3-7H2,1-2H3. The number of nitrogens with one attached hydrogen (secondary N) is 1. The van der Waals surface area contributed by atoms with Gasteiger partial charge in [0.2, 0.25) is 0 Å². The lowest BCUT2D eigenvalue weighted by molar-refractivity contribution is 0.511. The van der Waals surface area contributed by atoms with Crippen LogP contribution in [0.3, 0.4) is 0 Å². The largest absolute Gasteiger partial charge is 0.312 e. The van der Waals surface area contributed by atoms with Crippen molar-refractivity contribution in [2.75, 3.05) is 7.05 Å². The summed E-state index contributed by atoms with van der Waals surface area (Å²) in [6.45, 7) is 2.25. The third-order valence-corrected chi connectivity index (χ3v) is 3.38. The maximum atomic E-state index is 4.11. The molecule has 1 atom stereocenters. The van der Waals surface area contributed by atoms with Gasteiger partial charge in [0.15, 0.2) is 0 Å². The van der Waals surface area contributed by atoms with Crippen molar-refractivity contribution < 1.29 is 0 Å². The van der Waals surface area contributed by atoms with E-state index in [1.165, 1.54) is 37.0 Å². The second-order valence-corrected chi connectivity index (χ2v) is 4.51. The van der Waals surface area contributed by atoms with Crippen molar-refractivity contribution in [2.24, 2.45) is 0 Å². The Kier molecular flexibility index (Phi) is 5.80. The lowest BCUT2D eigenvalue weighted by Crippen LogP contribution is -2.14. The van der Waals surface area contributed by atoms with Crippen molar-refractivity contribution in [3.8, 4) is 0 Å². The molecule has 3 heteroatoms. The van der Waals surface area contributed by atoms with Crippen LogP contribution < -0.4 is 5.32 Å². The SMILES string of the molecule is CCCCCCC(NC)c1cncs1. The second-order valence-electron chi connectivity index (χ2n) is 3.59. The molecule has 80 valence electrons. The quantitative estimate of drug-likeness (QED) is 0.701. The van der Waals surface area contributed by atoms with Gasteiger partial charge >= 0.3 is 0 Å². The minimum Gasteiger partial charge on any atom is -0.312 e. The van der Waals surface area contributed by atoms with Gasteiger partial charge in [0, 0.05) is 17.1 Å². The van der Waals surface area contributed by atoms with E-state index >= 15 is 0 Å². The number of nitrogens with zero attached hydrogens (tertiary/aromatic N) is 1. The molecule has 0 aliphatic rings. The summed E-state index contributed by atoms with van der Waals surface area (Å²) in [5.74, 6) is 0. The average molecular weight is 212 g/mol. The summed E-state index contributed by atoms with van der Waals surface area (Å²) in [6, 6.07) is 0.513. The van der Waals surface area contributed by atoms with Crippen molar-refractivity contribution in [3.05, 3.63) is 16.6 Å². The molecule has 2 nitrogen and oxygen atoms in total. The van der Waals surface area contributed by atoms with Gasteiger partial charge in [-0.1, -0.05) is 32.6 Å². The van der Waals surface area contributed by atoms with Gasteiger partial charge in [-0.05, 0) is 13.5 Å². The predicted molar refractivity (Wildman–Crippen MR) is 62.7 cm³/mol. The molecule has 1 aromatic heterocycles. The van der Waals surface area contributed by atoms with Gasteiger partial charge in [0.25, 0.3) is 0 Å². The molecule has 1 N–H and O–H groups in total. The smallest absolute Gasteiger partial charge is 0.0794 e. The molecule has 14 heavy (non-hydrogen) atoms. The zero-order valence-electron chi connectivity index (χ0n) is 9.12. The maximum absolute atomic E-state index is 4.11. The number of thiazole rings is 1. The van der Waals surface area contributed by atoms with Crippen LogP contribution in [-0.4, -0.2) is 12.0 Å². The normalized spacial score (nSPS) is 13.0. The third-order valence-electron chi connectivity index (χ3n) is 2.49. The first-order chi connectivity index (χ1) is 6.88. The Morgan fingerprint density at radius 2 is 2.29 bits per heavy atom. The Hall–Kier alpha value is -0.410. The van der Waals surface area contributed by atoms with E-state index in [4.69, 9.17) is 0 Å². The number of rotatable bonds is 7. The third kappa shape index (κ3) is 3.76. The van der Waals surface area contributed by atoms with Crippen LogP contribution in [0.4, 0.5) is 0 Å². The van der Waals surface area contributed by atoms with Crippen molar-refractivity contribution in [2.45, 2.75) is 45.1 Å². The summed E-state index contributed by atoms with van der Waals surface area (Å²) in [4.78, 5) is 5.48. The second kappa shape index (κ2) is 6.96. The van der Waals surface area contributed by atoms with Gasteiger partial charge in [-0.15, -0.1) is 11.3 Å². The molecule has 0 aliphatic carbocycles. The van der Waals surface area contributed by atoms with E-state index in [2.05, 4.69) is 17.2 Å². The van der Waals surface area contributed by atoms with Gasteiger partial charge in [-0.2, -0.15) is 0 Å². The van der Waals surface area contributed by atoms with Gasteiger partial charge in [0.05, 0.1) is 5.51 Å².